The lowest BCUT2D eigenvalue weighted by molar-refractivity contribution is -0.384. The maximum Gasteiger partial charge on any atom is 0.338 e. The normalized spacial score (nSPS) is 11.8. The molecule has 7 heteroatoms. The average Bonchev–Trinajstić information content (AvgIpc) is 2.47. The predicted molar refractivity (Wildman–Crippen MR) is 78.3 cm³/mol. The first-order valence-electron chi connectivity index (χ1n) is 6.29. The SMILES string of the molecule is C[C@H](OC(=O)c1ccc(Cl)c([N+](=O)[O-])c1)c1ccc(F)cc1. The molecule has 0 saturated heterocycles. The maximum atomic E-state index is 12.9. The first-order chi connectivity index (χ1) is 10.4. The monoisotopic (exact) mass is 323 g/mol. The Morgan fingerprint density at radius 1 is 1.27 bits per heavy atom. The molecule has 1 atom stereocenters. The number of carbonyl (C=O) groups is 1. The number of ether oxygens (including phenoxy) is 1. The lowest BCUT2D eigenvalue weighted by Crippen LogP contribution is -2.09. The van der Waals surface area contributed by atoms with Crippen LogP contribution in [0.15, 0.2) is 42.5 Å². The molecule has 2 rings (SSSR count). The van der Waals surface area contributed by atoms with Crippen LogP contribution in [-0.2, 0) is 4.74 Å². The first kappa shape index (κ1) is 15.9. The van der Waals surface area contributed by atoms with E-state index < -0.39 is 22.8 Å². The van der Waals surface area contributed by atoms with Crippen LogP contribution in [0.2, 0.25) is 5.02 Å². The highest BCUT2D eigenvalue weighted by Gasteiger charge is 2.19. The Balaban J connectivity index is 2.16. The van der Waals surface area contributed by atoms with Crippen LogP contribution >= 0.6 is 11.6 Å². The Hall–Kier alpha value is -2.47. The third-order valence-electron chi connectivity index (χ3n) is 3.00. The van der Waals surface area contributed by atoms with Gasteiger partial charge in [0.25, 0.3) is 5.69 Å². The smallest absolute Gasteiger partial charge is 0.338 e. The fourth-order valence-corrected chi connectivity index (χ4v) is 2.00. The number of esters is 1. The van der Waals surface area contributed by atoms with Crippen molar-refractivity contribution in [3.63, 3.8) is 0 Å². The highest BCUT2D eigenvalue weighted by Crippen LogP contribution is 2.26. The minimum absolute atomic E-state index is 0.0186. The molecule has 0 radical (unpaired) electrons. The maximum absolute atomic E-state index is 12.9. The fourth-order valence-electron chi connectivity index (χ4n) is 1.81. The summed E-state index contributed by atoms with van der Waals surface area (Å²) in [6.45, 7) is 1.62. The van der Waals surface area contributed by atoms with E-state index in [1.165, 1.54) is 36.4 Å². The van der Waals surface area contributed by atoms with E-state index in [0.29, 0.717) is 5.56 Å². The molecule has 0 aliphatic carbocycles. The summed E-state index contributed by atoms with van der Waals surface area (Å²) in [6.07, 6.45) is -0.622. The van der Waals surface area contributed by atoms with Gasteiger partial charge in [0, 0.05) is 6.07 Å². The molecule has 0 fully saturated rings. The van der Waals surface area contributed by atoms with Crippen LogP contribution in [-0.4, -0.2) is 10.9 Å². The standard InChI is InChI=1S/C15H11ClFNO4/c1-9(10-2-5-12(17)6-3-10)22-15(19)11-4-7-13(16)14(8-11)18(20)21/h2-9H,1H3/t9-/m0/s1. The van der Waals surface area contributed by atoms with Crippen molar-refractivity contribution < 1.29 is 18.8 Å². The van der Waals surface area contributed by atoms with Crippen molar-refractivity contribution >= 4 is 23.3 Å². The van der Waals surface area contributed by atoms with Crippen molar-refractivity contribution in [3.05, 3.63) is 74.5 Å². The molecule has 0 aliphatic rings. The van der Waals surface area contributed by atoms with E-state index in [4.69, 9.17) is 16.3 Å². The number of nitro groups is 1. The lowest BCUT2D eigenvalue weighted by Gasteiger charge is -2.13. The first-order valence-corrected chi connectivity index (χ1v) is 6.66. The van der Waals surface area contributed by atoms with E-state index in [9.17, 15) is 19.3 Å². The van der Waals surface area contributed by atoms with Crippen LogP contribution < -0.4 is 0 Å². The molecule has 0 saturated carbocycles. The van der Waals surface area contributed by atoms with Gasteiger partial charge in [0.15, 0.2) is 0 Å². The summed E-state index contributed by atoms with van der Waals surface area (Å²) in [4.78, 5) is 22.1. The van der Waals surface area contributed by atoms with Crippen LogP contribution in [0, 0.1) is 15.9 Å². The van der Waals surface area contributed by atoms with Gasteiger partial charge in [-0.25, -0.2) is 9.18 Å². The van der Waals surface area contributed by atoms with Crippen LogP contribution in [0.3, 0.4) is 0 Å². The van der Waals surface area contributed by atoms with Gasteiger partial charge < -0.3 is 4.74 Å². The lowest BCUT2D eigenvalue weighted by atomic mass is 10.1. The highest BCUT2D eigenvalue weighted by atomic mass is 35.5. The van der Waals surface area contributed by atoms with Gasteiger partial charge in [-0.05, 0) is 36.8 Å². The second-order valence-corrected chi connectivity index (χ2v) is 4.93. The highest BCUT2D eigenvalue weighted by molar-refractivity contribution is 6.32. The largest absolute Gasteiger partial charge is 0.454 e. The molecule has 0 aromatic heterocycles. The molecule has 0 heterocycles. The van der Waals surface area contributed by atoms with Crippen molar-refractivity contribution in [1.82, 2.24) is 0 Å². The number of nitrogens with zero attached hydrogens (tertiary/aromatic N) is 1. The van der Waals surface area contributed by atoms with Crippen LogP contribution in [0.4, 0.5) is 10.1 Å². The third kappa shape index (κ3) is 3.59. The summed E-state index contributed by atoms with van der Waals surface area (Å²) >= 11 is 5.68. The minimum Gasteiger partial charge on any atom is -0.454 e. The number of hydrogen-bond acceptors (Lipinski definition) is 4. The Morgan fingerprint density at radius 3 is 2.50 bits per heavy atom. The number of rotatable bonds is 4. The van der Waals surface area contributed by atoms with Gasteiger partial charge >= 0.3 is 5.97 Å². The molecule has 0 aliphatic heterocycles. The zero-order valence-corrected chi connectivity index (χ0v) is 12.2. The molecule has 0 amide bonds. The van der Waals surface area contributed by atoms with E-state index in [2.05, 4.69) is 0 Å². The van der Waals surface area contributed by atoms with Crippen molar-refractivity contribution in [2.75, 3.05) is 0 Å². The van der Waals surface area contributed by atoms with Crippen molar-refractivity contribution in [2.45, 2.75) is 13.0 Å². The molecule has 0 N–H and O–H groups in total. The minimum atomic E-state index is -0.725. The quantitative estimate of drug-likeness (QED) is 0.477. The Morgan fingerprint density at radius 2 is 1.91 bits per heavy atom. The molecule has 0 spiro atoms. The van der Waals surface area contributed by atoms with Crippen LogP contribution in [0.25, 0.3) is 0 Å². The Labute approximate surface area is 130 Å². The Kier molecular flexibility index (Phi) is 4.72. The summed E-state index contributed by atoms with van der Waals surface area (Å²) in [5, 5.41) is 10.7. The third-order valence-corrected chi connectivity index (χ3v) is 3.32. The van der Waals surface area contributed by atoms with Gasteiger partial charge in [-0.2, -0.15) is 0 Å². The number of benzene rings is 2. The van der Waals surface area contributed by atoms with Crippen molar-refractivity contribution in [1.29, 1.82) is 0 Å². The summed E-state index contributed by atoms with van der Waals surface area (Å²) in [5.74, 6) is -1.12. The summed E-state index contributed by atoms with van der Waals surface area (Å²) < 4.78 is 18.1. The number of halogens is 2. The molecule has 22 heavy (non-hydrogen) atoms. The summed E-state index contributed by atoms with van der Waals surface area (Å²) in [5.41, 5.74) is 0.258. The topological polar surface area (TPSA) is 69.4 Å². The molecule has 5 nitrogen and oxygen atoms in total. The molecule has 2 aromatic carbocycles. The molecular formula is C15H11ClFNO4. The van der Waals surface area contributed by atoms with Crippen molar-refractivity contribution in [2.24, 2.45) is 0 Å². The van der Waals surface area contributed by atoms with Gasteiger partial charge in [-0.3, -0.25) is 10.1 Å². The van der Waals surface area contributed by atoms with Crippen LogP contribution in [0.1, 0.15) is 28.9 Å². The molecule has 0 unspecified atom stereocenters. The zero-order chi connectivity index (χ0) is 16.3. The Bertz CT molecular complexity index is 718. The molecule has 2 aromatic rings. The van der Waals surface area contributed by atoms with Gasteiger partial charge in [0.1, 0.15) is 16.9 Å². The van der Waals surface area contributed by atoms with E-state index in [0.717, 1.165) is 6.07 Å². The summed E-state index contributed by atoms with van der Waals surface area (Å²) in [7, 11) is 0. The average molecular weight is 324 g/mol. The predicted octanol–water partition coefficient (Wildman–Crippen LogP) is 4.31. The van der Waals surface area contributed by atoms with E-state index in [1.807, 2.05) is 0 Å². The number of carbonyl (C=O) groups excluding carboxylic acids is 1. The van der Waals surface area contributed by atoms with Crippen molar-refractivity contribution in [3.8, 4) is 0 Å². The molecular weight excluding hydrogens is 313 g/mol. The molecule has 0 bridgehead atoms. The second kappa shape index (κ2) is 6.53. The number of nitro benzene ring substituents is 1. The fraction of sp³-hybridized carbons (Fsp3) is 0.133. The van der Waals surface area contributed by atoms with Gasteiger partial charge in [0.05, 0.1) is 10.5 Å². The van der Waals surface area contributed by atoms with E-state index in [-0.39, 0.29) is 16.3 Å². The number of hydrogen-bond donors (Lipinski definition) is 0. The van der Waals surface area contributed by atoms with Gasteiger partial charge in [-0.1, -0.05) is 23.7 Å². The van der Waals surface area contributed by atoms with E-state index in [1.54, 1.807) is 6.92 Å². The van der Waals surface area contributed by atoms with Gasteiger partial charge in [0.2, 0.25) is 0 Å². The van der Waals surface area contributed by atoms with Gasteiger partial charge in [-0.15, -0.1) is 0 Å². The zero-order valence-electron chi connectivity index (χ0n) is 11.5. The van der Waals surface area contributed by atoms with Crippen LogP contribution in [0.5, 0.6) is 0 Å². The second-order valence-electron chi connectivity index (χ2n) is 4.52. The summed E-state index contributed by atoms with van der Waals surface area (Å²) in [6, 6.07) is 9.17. The molecule has 114 valence electrons. The van der Waals surface area contributed by atoms with E-state index >= 15 is 0 Å².